The van der Waals surface area contributed by atoms with E-state index >= 15 is 0 Å². The van der Waals surface area contributed by atoms with Crippen LogP contribution < -0.4 is 0 Å². The van der Waals surface area contributed by atoms with E-state index in [0.29, 0.717) is 5.56 Å². The molecule has 0 aliphatic carbocycles. The molecule has 0 radical (unpaired) electrons. The Hall–Kier alpha value is -0.750. The molecule has 0 amide bonds. The Morgan fingerprint density at radius 1 is 1.33 bits per heavy atom. The first-order valence-electron chi connectivity index (χ1n) is 4.22. The molecule has 0 saturated heterocycles. The molecule has 2 aromatic rings. The van der Waals surface area contributed by atoms with Crippen LogP contribution in [-0.4, -0.2) is 5.78 Å². The fourth-order valence-corrected chi connectivity index (χ4v) is 2.56. The van der Waals surface area contributed by atoms with E-state index in [9.17, 15) is 9.18 Å². The van der Waals surface area contributed by atoms with Gasteiger partial charge in [-0.05, 0) is 40.8 Å². The lowest BCUT2D eigenvalue weighted by atomic mass is 10.1. The molecule has 0 spiro atoms. The SMILES string of the molecule is O=C(c1csc(I)c1)c1ccccc1F. The number of carbonyl (C=O) groups excluding carboxylic acids is 1. The third kappa shape index (κ3) is 2.26. The fourth-order valence-electron chi connectivity index (χ4n) is 1.23. The van der Waals surface area contributed by atoms with Crippen molar-refractivity contribution in [1.29, 1.82) is 0 Å². The molecular formula is C11H6FIOS. The summed E-state index contributed by atoms with van der Waals surface area (Å²) in [5.74, 6) is -0.726. The molecule has 1 nitrogen and oxygen atoms in total. The van der Waals surface area contributed by atoms with Gasteiger partial charge in [-0.2, -0.15) is 0 Å². The van der Waals surface area contributed by atoms with E-state index in [1.807, 2.05) is 0 Å². The first-order valence-corrected chi connectivity index (χ1v) is 6.17. The lowest BCUT2D eigenvalue weighted by Crippen LogP contribution is -2.02. The molecule has 0 fully saturated rings. The number of ketones is 1. The Kier molecular flexibility index (Phi) is 3.16. The summed E-state index contributed by atoms with van der Waals surface area (Å²) in [6, 6.07) is 7.80. The number of hydrogen-bond acceptors (Lipinski definition) is 2. The minimum Gasteiger partial charge on any atom is -0.288 e. The summed E-state index contributed by atoms with van der Waals surface area (Å²) >= 11 is 3.61. The lowest BCUT2D eigenvalue weighted by Gasteiger charge is -1.99. The molecule has 1 aromatic carbocycles. The Labute approximate surface area is 104 Å². The zero-order valence-electron chi connectivity index (χ0n) is 7.54. The number of rotatable bonds is 2. The second-order valence-electron chi connectivity index (χ2n) is 2.95. The highest BCUT2D eigenvalue weighted by Gasteiger charge is 2.14. The summed E-state index contributed by atoms with van der Waals surface area (Å²) in [5.41, 5.74) is 0.682. The van der Waals surface area contributed by atoms with Crippen molar-refractivity contribution in [3.8, 4) is 0 Å². The van der Waals surface area contributed by atoms with Crippen LogP contribution >= 0.6 is 33.9 Å². The normalized spacial score (nSPS) is 10.3. The van der Waals surface area contributed by atoms with Crippen LogP contribution in [0.15, 0.2) is 35.7 Å². The maximum absolute atomic E-state index is 13.3. The predicted molar refractivity (Wildman–Crippen MR) is 66.9 cm³/mol. The summed E-state index contributed by atoms with van der Waals surface area (Å²) in [4.78, 5) is 11.8. The van der Waals surface area contributed by atoms with E-state index in [-0.39, 0.29) is 11.3 Å². The van der Waals surface area contributed by atoms with Crippen molar-refractivity contribution in [1.82, 2.24) is 0 Å². The van der Waals surface area contributed by atoms with Crippen LogP contribution in [0.5, 0.6) is 0 Å². The van der Waals surface area contributed by atoms with Gasteiger partial charge in [-0.3, -0.25) is 4.79 Å². The largest absolute Gasteiger partial charge is 0.288 e. The topological polar surface area (TPSA) is 17.1 Å². The second kappa shape index (κ2) is 4.40. The van der Waals surface area contributed by atoms with E-state index in [1.54, 1.807) is 23.6 Å². The van der Waals surface area contributed by atoms with E-state index in [2.05, 4.69) is 22.6 Å². The van der Waals surface area contributed by atoms with Gasteiger partial charge in [0.2, 0.25) is 0 Å². The van der Waals surface area contributed by atoms with Crippen LogP contribution in [-0.2, 0) is 0 Å². The second-order valence-corrected chi connectivity index (χ2v) is 5.75. The summed E-state index contributed by atoms with van der Waals surface area (Å²) < 4.78 is 14.3. The number of halogens is 2. The van der Waals surface area contributed by atoms with Gasteiger partial charge >= 0.3 is 0 Å². The summed E-state index contributed by atoms with van der Waals surface area (Å²) in [5, 5.41) is 1.75. The van der Waals surface area contributed by atoms with Gasteiger partial charge in [0.1, 0.15) is 5.82 Å². The summed E-state index contributed by atoms with van der Waals surface area (Å²) in [6.07, 6.45) is 0. The molecule has 0 bridgehead atoms. The molecule has 0 saturated carbocycles. The van der Waals surface area contributed by atoms with Gasteiger partial charge in [-0.15, -0.1) is 11.3 Å². The molecule has 15 heavy (non-hydrogen) atoms. The molecule has 2 rings (SSSR count). The monoisotopic (exact) mass is 332 g/mol. The standard InChI is InChI=1S/C11H6FIOS/c12-9-4-2-1-3-8(9)11(14)7-5-10(13)15-6-7/h1-6H. The Bertz CT molecular complexity index is 507. The molecule has 4 heteroatoms. The minimum atomic E-state index is -0.469. The molecule has 0 N–H and O–H groups in total. The third-order valence-electron chi connectivity index (χ3n) is 1.95. The Morgan fingerprint density at radius 2 is 2.07 bits per heavy atom. The predicted octanol–water partition coefficient (Wildman–Crippen LogP) is 3.72. The first-order chi connectivity index (χ1) is 7.18. The van der Waals surface area contributed by atoms with Crippen LogP contribution in [0.4, 0.5) is 4.39 Å². The highest BCUT2D eigenvalue weighted by atomic mass is 127. The number of hydrogen-bond donors (Lipinski definition) is 0. The van der Waals surface area contributed by atoms with E-state index in [4.69, 9.17) is 0 Å². The smallest absolute Gasteiger partial charge is 0.196 e. The zero-order valence-corrected chi connectivity index (χ0v) is 10.5. The average Bonchev–Trinajstić information content (AvgIpc) is 2.65. The van der Waals surface area contributed by atoms with Gasteiger partial charge in [0.25, 0.3) is 0 Å². The van der Waals surface area contributed by atoms with Gasteiger partial charge in [0.05, 0.1) is 8.45 Å². The number of thiophene rings is 1. The zero-order chi connectivity index (χ0) is 10.8. The van der Waals surface area contributed by atoms with E-state index in [1.165, 1.54) is 23.5 Å². The summed E-state index contributed by atoms with van der Waals surface area (Å²) in [6.45, 7) is 0. The van der Waals surface area contributed by atoms with Crippen molar-refractivity contribution >= 4 is 39.7 Å². The first kappa shape index (κ1) is 10.8. The van der Waals surface area contributed by atoms with Crippen LogP contribution in [0.3, 0.4) is 0 Å². The van der Waals surface area contributed by atoms with Crippen LogP contribution in [0.2, 0.25) is 0 Å². The molecular weight excluding hydrogens is 326 g/mol. The average molecular weight is 332 g/mol. The van der Waals surface area contributed by atoms with Gasteiger partial charge in [0.15, 0.2) is 5.78 Å². The highest BCUT2D eigenvalue weighted by molar-refractivity contribution is 14.1. The van der Waals surface area contributed by atoms with Gasteiger partial charge in [0, 0.05) is 10.9 Å². The minimum absolute atomic E-state index is 0.131. The Balaban J connectivity index is 2.41. The summed E-state index contributed by atoms with van der Waals surface area (Å²) in [7, 11) is 0. The van der Waals surface area contributed by atoms with Crippen molar-refractivity contribution in [2.45, 2.75) is 0 Å². The molecule has 76 valence electrons. The van der Waals surface area contributed by atoms with Crippen molar-refractivity contribution < 1.29 is 9.18 Å². The van der Waals surface area contributed by atoms with Gasteiger partial charge in [-0.25, -0.2) is 4.39 Å². The van der Waals surface area contributed by atoms with Crippen LogP contribution in [0.25, 0.3) is 0 Å². The van der Waals surface area contributed by atoms with Crippen molar-refractivity contribution in [2.75, 3.05) is 0 Å². The number of carbonyl (C=O) groups is 1. The van der Waals surface area contributed by atoms with Gasteiger partial charge in [-0.1, -0.05) is 12.1 Å². The molecule has 0 aliphatic rings. The maximum Gasteiger partial charge on any atom is 0.196 e. The quantitative estimate of drug-likeness (QED) is 0.605. The van der Waals surface area contributed by atoms with Crippen LogP contribution in [0.1, 0.15) is 15.9 Å². The van der Waals surface area contributed by atoms with Gasteiger partial charge < -0.3 is 0 Å². The van der Waals surface area contributed by atoms with E-state index in [0.717, 1.165) is 2.88 Å². The molecule has 0 atom stereocenters. The molecule has 1 heterocycles. The van der Waals surface area contributed by atoms with Crippen LogP contribution in [0, 0.1) is 8.70 Å². The third-order valence-corrected chi connectivity index (χ3v) is 3.74. The van der Waals surface area contributed by atoms with E-state index < -0.39 is 5.82 Å². The fraction of sp³-hybridized carbons (Fsp3) is 0. The van der Waals surface area contributed by atoms with Crippen molar-refractivity contribution in [2.24, 2.45) is 0 Å². The molecule has 1 aromatic heterocycles. The Morgan fingerprint density at radius 3 is 2.67 bits per heavy atom. The molecule has 0 unspecified atom stereocenters. The van der Waals surface area contributed by atoms with Crippen molar-refractivity contribution in [3.05, 3.63) is 55.5 Å². The van der Waals surface area contributed by atoms with Crippen molar-refractivity contribution in [3.63, 3.8) is 0 Å². The maximum atomic E-state index is 13.3. The molecule has 0 aliphatic heterocycles. The lowest BCUT2D eigenvalue weighted by molar-refractivity contribution is 0.103. The number of benzene rings is 1. The highest BCUT2D eigenvalue weighted by Crippen LogP contribution is 2.20.